The molecule has 0 amide bonds. The summed E-state index contributed by atoms with van der Waals surface area (Å²) in [5, 5.41) is 0. The number of benzene rings is 1. The zero-order chi connectivity index (χ0) is 14.5. The quantitative estimate of drug-likeness (QED) is 0.822. The van der Waals surface area contributed by atoms with Crippen molar-refractivity contribution in [3.8, 4) is 0 Å². The molecule has 1 aliphatic heterocycles. The van der Waals surface area contributed by atoms with Crippen LogP contribution in [0.25, 0.3) is 0 Å². The van der Waals surface area contributed by atoms with Crippen LogP contribution in [0.1, 0.15) is 25.0 Å². The highest BCUT2D eigenvalue weighted by Gasteiger charge is 2.18. The van der Waals surface area contributed by atoms with E-state index in [1.54, 1.807) is 0 Å². The van der Waals surface area contributed by atoms with Gasteiger partial charge in [-0.05, 0) is 44.9 Å². The van der Waals surface area contributed by atoms with Crippen molar-refractivity contribution in [1.82, 2.24) is 4.90 Å². The molecule has 3 heteroatoms. The Kier molecular flexibility index (Phi) is 5.44. The molecule has 1 saturated heterocycles. The van der Waals surface area contributed by atoms with Crippen LogP contribution in [0.3, 0.4) is 0 Å². The molecular weight excluding hydrogens is 248 g/mol. The zero-order valence-electron chi connectivity index (χ0n) is 13.4. The molecule has 0 N–H and O–H groups in total. The van der Waals surface area contributed by atoms with E-state index in [0.717, 1.165) is 39.3 Å². The molecular formula is C17H28N2O. The maximum atomic E-state index is 5.64. The lowest BCUT2D eigenvalue weighted by Crippen LogP contribution is -2.47. The third-order valence-electron chi connectivity index (χ3n) is 4.15. The van der Waals surface area contributed by atoms with Gasteiger partial charge in [0.25, 0.3) is 0 Å². The molecule has 0 saturated carbocycles. The lowest BCUT2D eigenvalue weighted by molar-refractivity contribution is 0.0579. The van der Waals surface area contributed by atoms with Crippen LogP contribution in [-0.2, 0) is 4.74 Å². The first-order valence-corrected chi connectivity index (χ1v) is 7.73. The van der Waals surface area contributed by atoms with Crippen molar-refractivity contribution in [3.05, 3.63) is 29.3 Å². The molecule has 0 aromatic heterocycles. The minimum absolute atomic E-state index is 0.339. The highest BCUT2D eigenvalue weighted by Crippen LogP contribution is 2.23. The minimum Gasteiger partial charge on any atom is -0.377 e. The fourth-order valence-electron chi connectivity index (χ4n) is 2.71. The Bertz CT molecular complexity index is 423. The van der Waals surface area contributed by atoms with Gasteiger partial charge >= 0.3 is 0 Å². The molecule has 0 unspecified atom stereocenters. The summed E-state index contributed by atoms with van der Waals surface area (Å²) < 4.78 is 5.64. The fourth-order valence-corrected chi connectivity index (χ4v) is 2.71. The third kappa shape index (κ3) is 3.97. The maximum absolute atomic E-state index is 5.64. The first kappa shape index (κ1) is 15.3. The van der Waals surface area contributed by atoms with E-state index >= 15 is 0 Å². The van der Waals surface area contributed by atoms with E-state index in [-0.39, 0.29) is 0 Å². The highest BCUT2D eigenvalue weighted by molar-refractivity contribution is 5.56. The Morgan fingerprint density at radius 1 is 1.10 bits per heavy atom. The molecule has 0 aliphatic carbocycles. The van der Waals surface area contributed by atoms with E-state index in [1.807, 2.05) is 0 Å². The summed E-state index contributed by atoms with van der Waals surface area (Å²) in [6, 6.07) is 6.61. The molecule has 1 aromatic carbocycles. The maximum Gasteiger partial charge on any atom is 0.0596 e. The van der Waals surface area contributed by atoms with Gasteiger partial charge in [-0.1, -0.05) is 12.1 Å². The molecule has 1 aromatic rings. The molecule has 112 valence electrons. The lowest BCUT2D eigenvalue weighted by Gasteiger charge is -2.37. The summed E-state index contributed by atoms with van der Waals surface area (Å²) in [6.07, 6.45) is 0.339. The summed E-state index contributed by atoms with van der Waals surface area (Å²) in [4.78, 5) is 5.02. The molecule has 1 aliphatic rings. The average Bonchev–Trinajstić information content (AvgIpc) is 2.42. The molecule has 0 spiro atoms. The number of rotatable bonds is 5. The van der Waals surface area contributed by atoms with Crippen molar-refractivity contribution >= 4 is 5.69 Å². The van der Waals surface area contributed by atoms with Gasteiger partial charge in [-0.15, -0.1) is 0 Å². The number of hydrogen-bond donors (Lipinski definition) is 0. The lowest BCUT2D eigenvalue weighted by atomic mass is 10.1. The minimum atomic E-state index is 0.339. The number of hydrogen-bond acceptors (Lipinski definition) is 3. The first-order chi connectivity index (χ1) is 9.58. The van der Waals surface area contributed by atoms with E-state index in [4.69, 9.17) is 4.74 Å². The third-order valence-corrected chi connectivity index (χ3v) is 4.15. The Morgan fingerprint density at radius 3 is 2.45 bits per heavy atom. The van der Waals surface area contributed by atoms with Gasteiger partial charge in [0.2, 0.25) is 0 Å². The van der Waals surface area contributed by atoms with Gasteiger partial charge in [0.15, 0.2) is 0 Å². The van der Waals surface area contributed by atoms with Gasteiger partial charge in [0.05, 0.1) is 12.7 Å². The Balaban J connectivity index is 1.83. The topological polar surface area (TPSA) is 15.7 Å². The molecule has 2 rings (SSSR count). The van der Waals surface area contributed by atoms with E-state index < -0.39 is 0 Å². The Hall–Kier alpha value is -1.06. The molecule has 1 heterocycles. The SMILES string of the molecule is Cc1cccc(N2CCN(CCOC(C)C)CC2)c1C. The van der Waals surface area contributed by atoms with Crippen LogP contribution >= 0.6 is 0 Å². The largest absolute Gasteiger partial charge is 0.377 e. The van der Waals surface area contributed by atoms with Crippen LogP contribution in [0.15, 0.2) is 18.2 Å². The second-order valence-electron chi connectivity index (χ2n) is 5.97. The monoisotopic (exact) mass is 276 g/mol. The summed E-state index contributed by atoms with van der Waals surface area (Å²) in [5.74, 6) is 0. The van der Waals surface area contributed by atoms with Gasteiger partial charge in [-0.2, -0.15) is 0 Å². The van der Waals surface area contributed by atoms with E-state index in [9.17, 15) is 0 Å². The second-order valence-corrected chi connectivity index (χ2v) is 5.97. The Labute approximate surface area is 123 Å². The van der Waals surface area contributed by atoms with E-state index in [2.05, 4.69) is 55.7 Å². The number of anilines is 1. The fraction of sp³-hybridized carbons (Fsp3) is 0.647. The van der Waals surface area contributed by atoms with Gasteiger partial charge in [-0.3, -0.25) is 4.90 Å². The summed E-state index contributed by atoms with van der Waals surface area (Å²) in [6.45, 7) is 15.0. The summed E-state index contributed by atoms with van der Waals surface area (Å²) in [7, 11) is 0. The second kappa shape index (κ2) is 7.09. The van der Waals surface area contributed by atoms with Gasteiger partial charge in [-0.25, -0.2) is 0 Å². The Morgan fingerprint density at radius 2 is 1.80 bits per heavy atom. The average molecular weight is 276 g/mol. The van der Waals surface area contributed by atoms with E-state index in [0.29, 0.717) is 6.10 Å². The molecule has 0 radical (unpaired) electrons. The van der Waals surface area contributed by atoms with Crippen molar-refractivity contribution in [2.24, 2.45) is 0 Å². The van der Waals surface area contributed by atoms with Crippen molar-refractivity contribution in [2.75, 3.05) is 44.2 Å². The van der Waals surface area contributed by atoms with Gasteiger partial charge < -0.3 is 9.64 Å². The van der Waals surface area contributed by atoms with Crippen molar-refractivity contribution in [1.29, 1.82) is 0 Å². The highest BCUT2D eigenvalue weighted by atomic mass is 16.5. The van der Waals surface area contributed by atoms with Crippen LogP contribution in [-0.4, -0.2) is 50.3 Å². The number of aryl methyl sites for hydroxylation is 1. The zero-order valence-corrected chi connectivity index (χ0v) is 13.4. The van der Waals surface area contributed by atoms with Crippen LogP contribution in [0, 0.1) is 13.8 Å². The molecule has 20 heavy (non-hydrogen) atoms. The molecule has 0 bridgehead atoms. The van der Waals surface area contributed by atoms with Crippen molar-refractivity contribution in [2.45, 2.75) is 33.8 Å². The van der Waals surface area contributed by atoms with Crippen LogP contribution < -0.4 is 4.90 Å². The predicted octanol–water partition coefficient (Wildman–Crippen LogP) is 2.85. The van der Waals surface area contributed by atoms with Crippen LogP contribution in [0.2, 0.25) is 0 Å². The van der Waals surface area contributed by atoms with Crippen molar-refractivity contribution < 1.29 is 4.74 Å². The van der Waals surface area contributed by atoms with Crippen LogP contribution in [0.5, 0.6) is 0 Å². The normalized spacial score (nSPS) is 16.9. The summed E-state index contributed by atoms with van der Waals surface area (Å²) in [5.41, 5.74) is 4.21. The standard InChI is InChI=1S/C17H28N2O/c1-14(2)20-13-12-18-8-10-19(11-9-18)17-7-5-6-15(3)16(17)4/h5-7,14H,8-13H2,1-4H3. The first-order valence-electron chi connectivity index (χ1n) is 7.73. The number of piperazine rings is 1. The van der Waals surface area contributed by atoms with Crippen molar-refractivity contribution in [3.63, 3.8) is 0 Å². The summed E-state index contributed by atoms with van der Waals surface area (Å²) >= 11 is 0. The van der Waals surface area contributed by atoms with Crippen LogP contribution in [0.4, 0.5) is 5.69 Å². The number of nitrogens with zero attached hydrogens (tertiary/aromatic N) is 2. The van der Waals surface area contributed by atoms with Gasteiger partial charge in [0.1, 0.15) is 0 Å². The predicted molar refractivity (Wildman–Crippen MR) is 85.7 cm³/mol. The molecule has 0 atom stereocenters. The smallest absolute Gasteiger partial charge is 0.0596 e. The molecule has 3 nitrogen and oxygen atoms in total. The van der Waals surface area contributed by atoms with Gasteiger partial charge in [0, 0.05) is 38.4 Å². The number of ether oxygens (including phenoxy) is 1. The molecule has 1 fully saturated rings. The van der Waals surface area contributed by atoms with E-state index in [1.165, 1.54) is 16.8 Å².